The van der Waals surface area contributed by atoms with Crippen molar-refractivity contribution < 1.29 is 4.39 Å². The summed E-state index contributed by atoms with van der Waals surface area (Å²) in [5.41, 5.74) is 3.29. The molecule has 5 heteroatoms. The summed E-state index contributed by atoms with van der Waals surface area (Å²) in [6.45, 7) is 4.59. The molecule has 0 fully saturated rings. The van der Waals surface area contributed by atoms with E-state index in [1.165, 1.54) is 6.07 Å². The van der Waals surface area contributed by atoms with E-state index >= 15 is 0 Å². The van der Waals surface area contributed by atoms with Gasteiger partial charge in [-0.15, -0.1) is 0 Å². The Balaban J connectivity index is 1.95. The Hall–Kier alpha value is -2.27. The van der Waals surface area contributed by atoms with Crippen molar-refractivity contribution in [3.63, 3.8) is 0 Å². The van der Waals surface area contributed by atoms with Gasteiger partial charge in [0.15, 0.2) is 5.65 Å². The number of fused-ring (bicyclic) bond motifs is 1. The van der Waals surface area contributed by atoms with Gasteiger partial charge in [0.25, 0.3) is 0 Å². The molecule has 108 valence electrons. The van der Waals surface area contributed by atoms with Crippen LogP contribution in [0.15, 0.2) is 42.9 Å². The summed E-state index contributed by atoms with van der Waals surface area (Å²) in [5.74, 6) is -0.194. The van der Waals surface area contributed by atoms with Crippen LogP contribution in [-0.2, 0) is 6.54 Å². The van der Waals surface area contributed by atoms with Crippen LogP contribution in [0, 0.1) is 5.82 Å². The van der Waals surface area contributed by atoms with E-state index in [-0.39, 0.29) is 5.82 Å². The molecular formula is C16H17FN4. The minimum Gasteiger partial charge on any atom is -0.310 e. The van der Waals surface area contributed by atoms with E-state index in [4.69, 9.17) is 0 Å². The van der Waals surface area contributed by atoms with E-state index in [1.807, 2.05) is 32.2 Å². The molecule has 0 spiro atoms. The number of hydrogen-bond donors (Lipinski definition) is 1. The molecule has 1 aromatic carbocycles. The summed E-state index contributed by atoms with van der Waals surface area (Å²) in [7, 11) is 0. The third-order valence-corrected chi connectivity index (χ3v) is 3.33. The van der Waals surface area contributed by atoms with Gasteiger partial charge in [-0.25, -0.2) is 13.9 Å². The predicted molar refractivity (Wildman–Crippen MR) is 80.4 cm³/mol. The Labute approximate surface area is 122 Å². The molecule has 0 unspecified atom stereocenters. The van der Waals surface area contributed by atoms with Crippen LogP contribution < -0.4 is 5.32 Å². The van der Waals surface area contributed by atoms with Gasteiger partial charge in [0.05, 0.1) is 6.20 Å². The van der Waals surface area contributed by atoms with Crippen LogP contribution >= 0.6 is 0 Å². The highest BCUT2D eigenvalue weighted by Crippen LogP contribution is 2.21. The number of aromatic nitrogens is 3. The predicted octanol–water partition coefficient (Wildman–Crippen LogP) is 3.03. The first-order chi connectivity index (χ1) is 10.1. The lowest BCUT2D eigenvalue weighted by Crippen LogP contribution is -2.22. The molecule has 0 aliphatic carbocycles. The Kier molecular flexibility index (Phi) is 3.66. The van der Waals surface area contributed by atoms with E-state index in [9.17, 15) is 4.39 Å². The molecule has 1 N–H and O–H groups in total. The van der Waals surface area contributed by atoms with Crippen molar-refractivity contribution in [1.29, 1.82) is 0 Å². The van der Waals surface area contributed by atoms with E-state index in [2.05, 4.69) is 15.4 Å². The largest absolute Gasteiger partial charge is 0.310 e. The van der Waals surface area contributed by atoms with Gasteiger partial charge in [0.1, 0.15) is 5.82 Å². The Morgan fingerprint density at radius 3 is 2.90 bits per heavy atom. The Bertz CT molecular complexity index is 764. The average Bonchev–Trinajstić information content (AvgIpc) is 2.93. The number of nitrogens with one attached hydrogen (secondary N) is 1. The second-order valence-electron chi connectivity index (χ2n) is 5.32. The quantitative estimate of drug-likeness (QED) is 0.800. The summed E-state index contributed by atoms with van der Waals surface area (Å²) in [6, 6.07) is 7.28. The summed E-state index contributed by atoms with van der Waals surface area (Å²) in [4.78, 5) is 4.33. The zero-order chi connectivity index (χ0) is 14.8. The van der Waals surface area contributed by atoms with Gasteiger partial charge in [-0.3, -0.25) is 0 Å². The molecule has 21 heavy (non-hydrogen) atoms. The number of benzene rings is 1. The first-order valence-corrected chi connectivity index (χ1v) is 6.95. The maximum absolute atomic E-state index is 13.9. The SMILES string of the molecule is CC(C)NCc1cc(-c2cnc3ccnn3c2)ccc1F. The maximum atomic E-state index is 13.9. The minimum absolute atomic E-state index is 0.194. The van der Waals surface area contributed by atoms with Crippen LogP contribution in [0.5, 0.6) is 0 Å². The van der Waals surface area contributed by atoms with Crippen molar-refractivity contribution in [2.24, 2.45) is 0 Å². The second-order valence-corrected chi connectivity index (χ2v) is 5.32. The lowest BCUT2D eigenvalue weighted by atomic mass is 10.1. The Morgan fingerprint density at radius 2 is 2.10 bits per heavy atom. The first kappa shape index (κ1) is 13.7. The standard InChI is InChI=1S/C16H17FN4/c1-11(2)18-8-13-7-12(3-4-15(13)17)14-9-19-16-5-6-20-21(16)10-14/h3-7,9-11,18H,8H2,1-2H3. The highest BCUT2D eigenvalue weighted by Gasteiger charge is 2.07. The van der Waals surface area contributed by atoms with Gasteiger partial charge >= 0.3 is 0 Å². The van der Waals surface area contributed by atoms with Gasteiger partial charge in [0.2, 0.25) is 0 Å². The lowest BCUT2D eigenvalue weighted by Gasteiger charge is -2.10. The molecule has 0 saturated carbocycles. The van der Waals surface area contributed by atoms with Gasteiger partial charge in [-0.05, 0) is 17.7 Å². The van der Waals surface area contributed by atoms with Crippen molar-refractivity contribution in [2.45, 2.75) is 26.4 Å². The summed E-state index contributed by atoms with van der Waals surface area (Å²) in [5, 5.41) is 7.41. The molecule has 0 radical (unpaired) electrons. The number of nitrogens with zero attached hydrogens (tertiary/aromatic N) is 3. The molecule has 0 amide bonds. The topological polar surface area (TPSA) is 42.2 Å². The second kappa shape index (κ2) is 5.61. The molecule has 0 aliphatic heterocycles. The van der Waals surface area contributed by atoms with Crippen LogP contribution in [0.2, 0.25) is 0 Å². The highest BCUT2D eigenvalue weighted by atomic mass is 19.1. The first-order valence-electron chi connectivity index (χ1n) is 6.95. The smallest absolute Gasteiger partial charge is 0.154 e. The molecule has 3 rings (SSSR count). The fourth-order valence-corrected chi connectivity index (χ4v) is 2.16. The van der Waals surface area contributed by atoms with Crippen molar-refractivity contribution in [3.8, 4) is 11.1 Å². The molecule has 0 atom stereocenters. The van der Waals surface area contributed by atoms with E-state index in [0.29, 0.717) is 18.2 Å². The molecule has 4 nitrogen and oxygen atoms in total. The van der Waals surface area contributed by atoms with Crippen LogP contribution in [0.1, 0.15) is 19.4 Å². The van der Waals surface area contributed by atoms with Gasteiger partial charge in [-0.2, -0.15) is 5.10 Å². The Morgan fingerprint density at radius 1 is 1.24 bits per heavy atom. The van der Waals surface area contributed by atoms with Crippen LogP contribution in [0.3, 0.4) is 0 Å². The fourth-order valence-electron chi connectivity index (χ4n) is 2.16. The lowest BCUT2D eigenvalue weighted by molar-refractivity contribution is 0.553. The molecule has 2 heterocycles. The van der Waals surface area contributed by atoms with E-state index in [0.717, 1.165) is 16.8 Å². The molecule has 0 bridgehead atoms. The van der Waals surface area contributed by atoms with Crippen molar-refractivity contribution >= 4 is 5.65 Å². The molecule has 0 saturated heterocycles. The van der Waals surface area contributed by atoms with E-state index < -0.39 is 0 Å². The maximum Gasteiger partial charge on any atom is 0.154 e. The summed E-state index contributed by atoms with van der Waals surface area (Å²) in [6.07, 6.45) is 5.38. The van der Waals surface area contributed by atoms with E-state index in [1.54, 1.807) is 23.0 Å². The molecule has 3 aromatic rings. The highest BCUT2D eigenvalue weighted by molar-refractivity contribution is 5.63. The normalized spacial score (nSPS) is 11.4. The van der Waals surface area contributed by atoms with Gasteiger partial charge in [-0.1, -0.05) is 19.9 Å². The molecule has 2 aromatic heterocycles. The summed E-state index contributed by atoms with van der Waals surface area (Å²) < 4.78 is 15.6. The third-order valence-electron chi connectivity index (χ3n) is 3.33. The summed E-state index contributed by atoms with van der Waals surface area (Å²) >= 11 is 0. The zero-order valence-corrected chi connectivity index (χ0v) is 12.0. The minimum atomic E-state index is -0.194. The third kappa shape index (κ3) is 2.92. The van der Waals surface area contributed by atoms with Crippen LogP contribution in [-0.4, -0.2) is 20.6 Å². The van der Waals surface area contributed by atoms with Crippen molar-refractivity contribution in [3.05, 3.63) is 54.2 Å². The number of hydrogen-bond acceptors (Lipinski definition) is 3. The fraction of sp³-hybridized carbons (Fsp3) is 0.250. The number of halogens is 1. The van der Waals surface area contributed by atoms with Gasteiger partial charge in [0, 0.05) is 42.2 Å². The molecular weight excluding hydrogens is 267 g/mol. The monoisotopic (exact) mass is 284 g/mol. The number of rotatable bonds is 4. The molecule has 0 aliphatic rings. The average molecular weight is 284 g/mol. The van der Waals surface area contributed by atoms with Gasteiger partial charge < -0.3 is 5.32 Å². The van der Waals surface area contributed by atoms with Crippen molar-refractivity contribution in [1.82, 2.24) is 19.9 Å². The zero-order valence-electron chi connectivity index (χ0n) is 12.0. The van der Waals surface area contributed by atoms with Crippen LogP contribution in [0.4, 0.5) is 4.39 Å². The van der Waals surface area contributed by atoms with Crippen LogP contribution in [0.25, 0.3) is 16.8 Å². The van der Waals surface area contributed by atoms with Crippen molar-refractivity contribution in [2.75, 3.05) is 0 Å².